The second kappa shape index (κ2) is 11.1. The number of carbonyl (C=O) groups excluding carboxylic acids is 2. The molecule has 10 nitrogen and oxygen atoms in total. The maximum atomic E-state index is 12.7. The Labute approximate surface area is 215 Å². The lowest BCUT2D eigenvalue weighted by Gasteiger charge is -2.30. The summed E-state index contributed by atoms with van der Waals surface area (Å²) in [4.78, 5) is 35.1. The van der Waals surface area contributed by atoms with Gasteiger partial charge in [-0.3, -0.25) is 9.59 Å². The number of aromatic nitrogens is 4. The minimum Gasteiger partial charge on any atom is -0.484 e. The van der Waals surface area contributed by atoms with E-state index in [1.54, 1.807) is 0 Å². The fourth-order valence-electron chi connectivity index (χ4n) is 4.64. The maximum absolute atomic E-state index is 12.7. The Kier molecular flexibility index (Phi) is 7.93. The monoisotopic (exact) mass is 514 g/mol. The zero-order valence-corrected chi connectivity index (χ0v) is 21.7. The first-order valence-corrected chi connectivity index (χ1v) is 12.7. The van der Waals surface area contributed by atoms with Crippen LogP contribution in [0.5, 0.6) is 5.75 Å². The van der Waals surface area contributed by atoms with Gasteiger partial charge in [0, 0.05) is 19.2 Å². The summed E-state index contributed by atoms with van der Waals surface area (Å²) in [7, 11) is 0. The molecule has 1 saturated heterocycles. The highest BCUT2D eigenvalue weighted by Gasteiger charge is 2.26. The molecule has 0 aliphatic carbocycles. The number of imidazole rings is 1. The average Bonchev–Trinajstić information content (AvgIpc) is 3.19. The number of aryl methyl sites for hydroxylation is 2. The van der Waals surface area contributed by atoms with Crippen LogP contribution in [0.1, 0.15) is 49.9 Å². The molecule has 1 aliphatic heterocycles. The SMILES string of the molecule is CCn1c(CNC(=O)c2nc(Cl)cnc2N)[n+](CC)c2ccc(OCC(=O)N3CCC(C)CC3)cc21. The molecule has 1 fully saturated rings. The summed E-state index contributed by atoms with van der Waals surface area (Å²) >= 11 is 5.88. The predicted octanol–water partition coefficient (Wildman–Crippen LogP) is 2.56. The van der Waals surface area contributed by atoms with Crippen LogP contribution in [0.25, 0.3) is 11.0 Å². The third-order valence-electron chi connectivity index (χ3n) is 6.68. The molecular formula is C25H33ClN7O3+. The third kappa shape index (κ3) is 5.38. The van der Waals surface area contributed by atoms with Crippen molar-refractivity contribution in [2.24, 2.45) is 5.92 Å². The minimum atomic E-state index is -0.451. The normalized spacial score (nSPS) is 14.3. The van der Waals surface area contributed by atoms with Gasteiger partial charge in [-0.05, 0) is 44.7 Å². The van der Waals surface area contributed by atoms with Crippen LogP contribution in [0.15, 0.2) is 24.4 Å². The van der Waals surface area contributed by atoms with Crippen LogP contribution in [-0.4, -0.2) is 50.9 Å². The molecule has 0 bridgehead atoms. The number of hydrogen-bond acceptors (Lipinski definition) is 6. The topological polar surface area (TPSA) is 119 Å². The summed E-state index contributed by atoms with van der Waals surface area (Å²) in [5.41, 5.74) is 7.77. The molecule has 0 spiro atoms. The summed E-state index contributed by atoms with van der Waals surface area (Å²) in [6, 6.07) is 5.81. The lowest BCUT2D eigenvalue weighted by atomic mass is 9.99. The van der Waals surface area contributed by atoms with Gasteiger partial charge < -0.3 is 20.7 Å². The second-order valence-corrected chi connectivity index (χ2v) is 9.40. The van der Waals surface area contributed by atoms with Crippen molar-refractivity contribution in [1.29, 1.82) is 0 Å². The molecule has 1 aliphatic rings. The molecule has 11 heteroatoms. The highest BCUT2D eigenvalue weighted by molar-refractivity contribution is 6.29. The number of nitrogens with two attached hydrogens (primary N) is 1. The highest BCUT2D eigenvalue weighted by Crippen LogP contribution is 2.22. The highest BCUT2D eigenvalue weighted by atomic mass is 35.5. The molecule has 1 aromatic carbocycles. The number of hydrogen-bond donors (Lipinski definition) is 2. The van der Waals surface area contributed by atoms with E-state index in [1.807, 2.05) is 36.9 Å². The zero-order valence-electron chi connectivity index (χ0n) is 21.0. The van der Waals surface area contributed by atoms with Gasteiger partial charge in [0.05, 0.1) is 19.3 Å². The Morgan fingerprint density at radius 3 is 2.72 bits per heavy atom. The number of halogens is 1. The smallest absolute Gasteiger partial charge is 0.277 e. The molecule has 0 unspecified atom stereocenters. The van der Waals surface area contributed by atoms with E-state index in [1.165, 1.54) is 6.20 Å². The molecule has 2 aromatic heterocycles. The number of carbonyl (C=O) groups is 2. The van der Waals surface area contributed by atoms with Gasteiger partial charge in [0.25, 0.3) is 17.6 Å². The van der Waals surface area contributed by atoms with Crippen LogP contribution >= 0.6 is 11.6 Å². The first kappa shape index (κ1) is 25.7. The van der Waals surface area contributed by atoms with E-state index in [0.717, 1.165) is 42.8 Å². The van der Waals surface area contributed by atoms with Crippen LogP contribution in [-0.2, 0) is 24.4 Å². The van der Waals surface area contributed by atoms with Crippen LogP contribution in [0.3, 0.4) is 0 Å². The fraction of sp³-hybridized carbons (Fsp3) is 0.480. The van der Waals surface area contributed by atoms with E-state index in [0.29, 0.717) is 24.8 Å². The van der Waals surface area contributed by atoms with E-state index >= 15 is 0 Å². The maximum Gasteiger partial charge on any atom is 0.277 e. The second-order valence-electron chi connectivity index (χ2n) is 9.02. The summed E-state index contributed by atoms with van der Waals surface area (Å²) < 4.78 is 10.1. The number of nitrogens with one attached hydrogen (secondary N) is 1. The number of benzene rings is 1. The molecule has 3 heterocycles. The van der Waals surface area contributed by atoms with Crippen LogP contribution in [0.2, 0.25) is 5.15 Å². The van der Waals surface area contributed by atoms with Crippen molar-refractivity contribution in [1.82, 2.24) is 24.8 Å². The fourth-order valence-corrected chi connectivity index (χ4v) is 4.77. The van der Waals surface area contributed by atoms with Crippen molar-refractivity contribution in [3.63, 3.8) is 0 Å². The lowest BCUT2D eigenvalue weighted by molar-refractivity contribution is -0.676. The molecule has 2 amide bonds. The first-order chi connectivity index (χ1) is 17.3. The van der Waals surface area contributed by atoms with E-state index < -0.39 is 5.91 Å². The van der Waals surface area contributed by atoms with Crippen molar-refractivity contribution < 1.29 is 18.9 Å². The standard InChI is InChI=1S/C25H32ClN7O3/c1-4-32-18-7-6-17(36-15-22(34)31-10-8-16(3)9-11-31)12-19(18)33(5-2)21(32)14-29-25(35)23-24(27)28-13-20(26)30-23/h6-7,12-13,16H,4-5,8-11,14-15H2,1-3H3,(H2-,27,28,29,35)/p+1. The number of piperidine rings is 1. The number of nitrogens with zero attached hydrogens (tertiary/aromatic N) is 5. The van der Waals surface area contributed by atoms with Crippen molar-refractivity contribution >= 4 is 40.3 Å². The molecule has 192 valence electrons. The Balaban J connectivity index is 1.52. The molecular weight excluding hydrogens is 482 g/mol. The Morgan fingerprint density at radius 1 is 1.28 bits per heavy atom. The minimum absolute atomic E-state index is 0.00627. The Hall–Kier alpha value is -3.40. The van der Waals surface area contributed by atoms with Crippen molar-refractivity contribution in [2.45, 2.75) is 53.2 Å². The first-order valence-electron chi connectivity index (χ1n) is 12.3. The van der Waals surface area contributed by atoms with Gasteiger partial charge in [-0.15, -0.1) is 0 Å². The summed E-state index contributed by atoms with van der Waals surface area (Å²) in [5.74, 6) is 1.80. The number of rotatable bonds is 8. The molecule has 4 rings (SSSR count). The van der Waals surface area contributed by atoms with Gasteiger partial charge in [-0.1, -0.05) is 18.5 Å². The van der Waals surface area contributed by atoms with Gasteiger partial charge in [0.15, 0.2) is 29.2 Å². The lowest BCUT2D eigenvalue weighted by Crippen LogP contribution is -2.40. The van der Waals surface area contributed by atoms with Gasteiger partial charge in [0.2, 0.25) is 0 Å². The Bertz CT molecular complexity index is 1270. The number of ether oxygens (including phenoxy) is 1. The molecule has 3 N–H and O–H groups in total. The number of fused-ring (bicyclic) bond motifs is 1. The molecule has 36 heavy (non-hydrogen) atoms. The van der Waals surface area contributed by atoms with E-state index in [-0.39, 0.29) is 35.7 Å². The van der Waals surface area contributed by atoms with E-state index in [4.69, 9.17) is 22.1 Å². The van der Waals surface area contributed by atoms with Gasteiger partial charge in [-0.25, -0.2) is 19.1 Å². The summed E-state index contributed by atoms with van der Waals surface area (Å²) in [6.07, 6.45) is 3.37. The van der Waals surface area contributed by atoms with Gasteiger partial charge in [-0.2, -0.15) is 0 Å². The predicted molar refractivity (Wildman–Crippen MR) is 137 cm³/mol. The van der Waals surface area contributed by atoms with Gasteiger partial charge in [0.1, 0.15) is 17.4 Å². The van der Waals surface area contributed by atoms with Crippen molar-refractivity contribution in [3.8, 4) is 5.75 Å². The average molecular weight is 515 g/mol. The largest absolute Gasteiger partial charge is 0.484 e. The van der Waals surface area contributed by atoms with Crippen LogP contribution < -0.4 is 20.4 Å². The number of anilines is 1. The molecule has 0 saturated carbocycles. The number of nitrogen functional groups attached to an aromatic ring is 1. The summed E-state index contributed by atoms with van der Waals surface area (Å²) in [5, 5.41) is 2.98. The number of amides is 2. The molecule has 0 atom stereocenters. The van der Waals surface area contributed by atoms with Crippen LogP contribution in [0.4, 0.5) is 5.82 Å². The quantitative estimate of drug-likeness (QED) is 0.446. The van der Waals surface area contributed by atoms with Crippen molar-refractivity contribution in [2.75, 3.05) is 25.4 Å². The molecule has 3 aromatic rings. The van der Waals surface area contributed by atoms with Crippen LogP contribution in [0, 0.1) is 5.92 Å². The van der Waals surface area contributed by atoms with E-state index in [9.17, 15) is 9.59 Å². The third-order valence-corrected chi connectivity index (χ3v) is 6.86. The Morgan fingerprint density at radius 2 is 2.03 bits per heavy atom. The zero-order chi connectivity index (χ0) is 25.8. The van der Waals surface area contributed by atoms with Gasteiger partial charge >= 0.3 is 0 Å². The number of likely N-dealkylation sites (tertiary alicyclic amines) is 1. The summed E-state index contributed by atoms with van der Waals surface area (Å²) in [6.45, 7) is 9.56. The van der Waals surface area contributed by atoms with Crippen molar-refractivity contribution in [3.05, 3.63) is 41.1 Å². The molecule has 0 radical (unpaired) electrons. The van der Waals surface area contributed by atoms with E-state index in [2.05, 4.69) is 31.3 Å².